The molecule has 0 fully saturated rings. The number of nitrogens with zero attached hydrogens (tertiary/aromatic N) is 1. The van der Waals surface area contributed by atoms with Crippen LogP contribution in [0.25, 0.3) is 0 Å². The molecule has 0 aliphatic carbocycles. The number of benzene rings is 1. The van der Waals surface area contributed by atoms with Crippen LogP contribution >= 0.6 is 0 Å². The lowest BCUT2D eigenvalue weighted by molar-refractivity contribution is -0.123. The van der Waals surface area contributed by atoms with Gasteiger partial charge in [-0.05, 0) is 30.7 Å². The van der Waals surface area contributed by atoms with E-state index in [1.807, 2.05) is 6.07 Å². The molecule has 0 bridgehead atoms. The zero-order chi connectivity index (χ0) is 17.9. The fraction of sp³-hybridized carbons (Fsp3) is 0.278. The third kappa shape index (κ3) is 6.14. The Morgan fingerprint density at radius 1 is 1.04 bits per heavy atom. The summed E-state index contributed by atoms with van der Waals surface area (Å²) < 4.78 is 10.6. The lowest BCUT2D eigenvalue weighted by Gasteiger charge is -2.10. The number of para-hydroxylation sites is 2. The van der Waals surface area contributed by atoms with Gasteiger partial charge in [0.25, 0.3) is 11.8 Å². The minimum absolute atomic E-state index is 0.0948. The lowest BCUT2D eigenvalue weighted by Crippen LogP contribution is -2.32. The van der Waals surface area contributed by atoms with Crippen molar-refractivity contribution in [3.63, 3.8) is 0 Å². The number of carbonyl (C=O) groups excluding carboxylic acids is 2. The fourth-order valence-electron chi connectivity index (χ4n) is 2.05. The van der Waals surface area contributed by atoms with Crippen molar-refractivity contribution in [1.29, 1.82) is 0 Å². The van der Waals surface area contributed by atoms with Gasteiger partial charge in [0.1, 0.15) is 0 Å². The number of amides is 2. The topological polar surface area (TPSA) is 89.5 Å². The van der Waals surface area contributed by atoms with E-state index < -0.39 is 0 Å². The monoisotopic (exact) mass is 343 g/mol. The van der Waals surface area contributed by atoms with Crippen molar-refractivity contribution in [2.24, 2.45) is 0 Å². The number of aromatic nitrogens is 1. The molecule has 0 radical (unpaired) electrons. The first kappa shape index (κ1) is 18.3. The molecule has 0 aliphatic rings. The van der Waals surface area contributed by atoms with Gasteiger partial charge in [0.2, 0.25) is 0 Å². The van der Waals surface area contributed by atoms with Gasteiger partial charge in [-0.3, -0.25) is 14.6 Å². The Kier molecular flexibility index (Phi) is 7.24. The normalized spacial score (nSPS) is 9.96. The van der Waals surface area contributed by atoms with Crippen molar-refractivity contribution in [1.82, 2.24) is 15.6 Å². The van der Waals surface area contributed by atoms with E-state index in [9.17, 15) is 9.59 Å². The van der Waals surface area contributed by atoms with Crippen molar-refractivity contribution in [3.8, 4) is 11.5 Å². The molecule has 7 heteroatoms. The number of rotatable bonds is 9. The molecule has 0 atom stereocenters. The average Bonchev–Trinajstić information content (AvgIpc) is 2.66. The Hall–Kier alpha value is -3.09. The Morgan fingerprint density at radius 3 is 2.52 bits per heavy atom. The Labute approximate surface area is 146 Å². The fourth-order valence-corrected chi connectivity index (χ4v) is 2.05. The number of hydrogen-bond acceptors (Lipinski definition) is 5. The summed E-state index contributed by atoms with van der Waals surface area (Å²) in [6.07, 6.45) is 3.73. The second kappa shape index (κ2) is 9.92. The van der Waals surface area contributed by atoms with E-state index in [4.69, 9.17) is 9.47 Å². The van der Waals surface area contributed by atoms with Crippen LogP contribution in [0.15, 0.2) is 48.8 Å². The third-order valence-corrected chi connectivity index (χ3v) is 3.31. The van der Waals surface area contributed by atoms with Gasteiger partial charge in [-0.15, -0.1) is 0 Å². The van der Waals surface area contributed by atoms with E-state index in [2.05, 4.69) is 15.6 Å². The maximum Gasteiger partial charge on any atom is 0.257 e. The van der Waals surface area contributed by atoms with Gasteiger partial charge in [-0.25, -0.2) is 0 Å². The molecule has 0 spiro atoms. The summed E-state index contributed by atoms with van der Waals surface area (Å²) in [7, 11) is 1.54. The van der Waals surface area contributed by atoms with Crippen LogP contribution in [0.2, 0.25) is 0 Å². The maximum absolute atomic E-state index is 11.8. The van der Waals surface area contributed by atoms with Gasteiger partial charge in [-0.2, -0.15) is 0 Å². The zero-order valence-corrected chi connectivity index (χ0v) is 14.0. The van der Waals surface area contributed by atoms with Crippen LogP contribution < -0.4 is 20.1 Å². The Morgan fingerprint density at radius 2 is 1.80 bits per heavy atom. The highest BCUT2D eigenvalue weighted by Gasteiger charge is 2.07. The number of pyridine rings is 1. The number of hydrogen-bond donors (Lipinski definition) is 2. The summed E-state index contributed by atoms with van der Waals surface area (Å²) in [5.41, 5.74) is 0.511. The quantitative estimate of drug-likeness (QED) is 0.672. The smallest absolute Gasteiger partial charge is 0.257 e. The molecule has 2 N–H and O–H groups in total. The van der Waals surface area contributed by atoms with E-state index in [1.54, 1.807) is 43.6 Å². The molecule has 1 heterocycles. The van der Waals surface area contributed by atoms with E-state index >= 15 is 0 Å². The first-order chi connectivity index (χ1) is 12.2. The Balaban J connectivity index is 1.60. The number of nitrogens with one attached hydrogen (secondary N) is 2. The molecule has 25 heavy (non-hydrogen) atoms. The highest BCUT2D eigenvalue weighted by Crippen LogP contribution is 2.25. The molecule has 0 saturated heterocycles. The third-order valence-electron chi connectivity index (χ3n) is 3.31. The van der Waals surface area contributed by atoms with Gasteiger partial charge in [-0.1, -0.05) is 12.1 Å². The van der Waals surface area contributed by atoms with Crippen molar-refractivity contribution in [3.05, 3.63) is 54.4 Å². The van der Waals surface area contributed by atoms with Crippen molar-refractivity contribution in [2.75, 3.05) is 26.8 Å². The molecular formula is C18H21N3O4. The first-order valence-corrected chi connectivity index (χ1v) is 7.91. The summed E-state index contributed by atoms with van der Waals surface area (Å²) in [6, 6.07) is 10.5. The van der Waals surface area contributed by atoms with Crippen LogP contribution in [0.4, 0.5) is 0 Å². The molecular weight excluding hydrogens is 322 g/mol. The second-order valence-corrected chi connectivity index (χ2v) is 5.14. The number of methoxy groups -OCH3 is 1. The molecule has 1 aromatic heterocycles. The number of ether oxygens (including phenoxy) is 2. The summed E-state index contributed by atoms with van der Waals surface area (Å²) in [5, 5.41) is 5.50. The second-order valence-electron chi connectivity index (χ2n) is 5.14. The van der Waals surface area contributed by atoms with Crippen LogP contribution in [0.5, 0.6) is 11.5 Å². The Bertz CT molecular complexity index is 692. The van der Waals surface area contributed by atoms with Gasteiger partial charge in [0, 0.05) is 25.5 Å². The van der Waals surface area contributed by atoms with E-state index in [-0.39, 0.29) is 18.4 Å². The lowest BCUT2D eigenvalue weighted by atomic mass is 10.2. The average molecular weight is 343 g/mol. The van der Waals surface area contributed by atoms with Crippen LogP contribution in [0, 0.1) is 0 Å². The van der Waals surface area contributed by atoms with Gasteiger partial charge < -0.3 is 20.1 Å². The summed E-state index contributed by atoms with van der Waals surface area (Å²) in [4.78, 5) is 27.4. The summed E-state index contributed by atoms with van der Waals surface area (Å²) in [6.45, 7) is 0.811. The van der Waals surface area contributed by atoms with Crippen LogP contribution in [-0.2, 0) is 4.79 Å². The molecule has 2 aromatic rings. The predicted octanol–water partition coefficient (Wildman–Crippen LogP) is 1.41. The molecule has 1 aromatic carbocycles. The SMILES string of the molecule is COc1ccccc1OCC(=O)NCCCNC(=O)c1cccnc1. The van der Waals surface area contributed by atoms with Crippen molar-refractivity contribution >= 4 is 11.8 Å². The van der Waals surface area contributed by atoms with Gasteiger partial charge in [0.05, 0.1) is 12.7 Å². The van der Waals surface area contributed by atoms with Crippen LogP contribution in [0.3, 0.4) is 0 Å². The minimum Gasteiger partial charge on any atom is -0.493 e. The molecule has 0 saturated carbocycles. The molecule has 2 rings (SSSR count). The summed E-state index contributed by atoms with van der Waals surface area (Å²) >= 11 is 0. The molecule has 0 unspecified atom stereocenters. The van der Waals surface area contributed by atoms with Crippen molar-refractivity contribution in [2.45, 2.75) is 6.42 Å². The largest absolute Gasteiger partial charge is 0.493 e. The highest BCUT2D eigenvalue weighted by atomic mass is 16.5. The summed E-state index contributed by atoms with van der Waals surface area (Å²) in [5.74, 6) is 0.681. The van der Waals surface area contributed by atoms with Crippen LogP contribution in [-0.4, -0.2) is 43.6 Å². The molecule has 132 valence electrons. The van der Waals surface area contributed by atoms with Crippen LogP contribution in [0.1, 0.15) is 16.8 Å². The standard InChI is InChI=1S/C18H21N3O4/c1-24-15-7-2-3-8-16(15)25-13-17(22)20-10-5-11-21-18(23)14-6-4-9-19-12-14/h2-4,6-9,12H,5,10-11,13H2,1H3,(H,20,22)(H,21,23). The number of carbonyl (C=O) groups is 2. The predicted molar refractivity (Wildman–Crippen MR) is 92.7 cm³/mol. The van der Waals surface area contributed by atoms with Gasteiger partial charge >= 0.3 is 0 Å². The molecule has 2 amide bonds. The zero-order valence-electron chi connectivity index (χ0n) is 14.0. The maximum atomic E-state index is 11.8. The van der Waals surface area contributed by atoms with Crippen molar-refractivity contribution < 1.29 is 19.1 Å². The van der Waals surface area contributed by atoms with E-state index in [1.165, 1.54) is 6.20 Å². The first-order valence-electron chi connectivity index (χ1n) is 7.91. The van der Waals surface area contributed by atoms with Gasteiger partial charge in [0.15, 0.2) is 18.1 Å². The highest BCUT2D eigenvalue weighted by molar-refractivity contribution is 5.93. The molecule has 7 nitrogen and oxygen atoms in total. The molecule has 0 aliphatic heterocycles. The van der Waals surface area contributed by atoms with E-state index in [0.717, 1.165) is 0 Å². The minimum atomic E-state index is -0.232. The van der Waals surface area contributed by atoms with E-state index in [0.29, 0.717) is 36.6 Å².